The van der Waals surface area contributed by atoms with Crippen LogP contribution in [-0.4, -0.2) is 12.1 Å². The Bertz CT molecular complexity index is 176. The zero-order chi connectivity index (χ0) is 11.0. The summed E-state index contributed by atoms with van der Waals surface area (Å²) in [5.74, 6) is -0.845. The van der Waals surface area contributed by atoms with Crippen LogP contribution in [0.15, 0.2) is 0 Å². The molecule has 88 valence electrons. The smallest absolute Gasteiger partial charge is 0.288 e. The second-order valence-electron chi connectivity index (χ2n) is 4.32. The van der Waals surface area contributed by atoms with Crippen molar-refractivity contribution in [1.29, 1.82) is 0 Å². The van der Waals surface area contributed by atoms with Crippen molar-refractivity contribution in [3.8, 4) is 0 Å². The molecule has 0 saturated carbocycles. The van der Waals surface area contributed by atoms with Gasteiger partial charge in [0, 0.05) is 6.42 Å². The van der Waals surface area contributed by atoms with Gasteiger partial charge < -0.3 is 0 Å². The summed E-state index contributed by atoms with van der Waals surface area (Å²) in [4.78, 5) is 19.8. The number of carbonyl (C=O) groups is 1. The van der Waals surface area contributed by atoms with Crippen LogP contribution in [0.4, 0.5) is 0 Å². The summed E-state index contributed by atoms with van der Waals surface area (Å²) in [6, 6.07) is 0. The number of rotatable bonds is 10. The highest BCUT2D eigenvalue weighted by molar-refractivity contribution is 5.61. The van der Waals surface area contributed by atoms with Gasteiger partial charge in [-0.3, -0.25) is 4.79 Å². The summed E-state index contributed by atoms with van der Waals surface area (Å²) in [7, 11) is 0. The molecule has 0 atom stereocenters. The van der Waals surface area contributed by atoms with Gasteiger partial charge in [-0.25, -0.2) is 0 Å². The van der Waals surface area contributed by atoms with Crippen molar-refractivity contribution in [2.24, 2.45) is 0 Å². The first-order valence-electron chi connectivity index (χ1n) is 6.16. The van der Waals surface area contributed by atoms with Crippen LogP contribution in [0.3, 0.4) is 0 Å². The number of hydrogen-bond donors (Lipinski definition) is 0. The predicted molar refractivity (Wildman–Crippen MR) is 58.2 cm³/mol. The molecule has 1 rings (SSSR count). The Morgan fingerprint density at radius 2 is 1.47 bits per heavy atom. The molecule has 3 nitrogen and oxygen atoms in total. The van der Waals surface area contributed by atoms with Crippen molar-refractivity contribution >= 4 is 6.29 Å². The molecule has 0 aromatic heterocycles. The van der Waals surface area contributed by atoms with E-state index >= 15 is 0 Å². The Balaban J connectivity index is 1.79. The lowest BCUT2D eigenvalue weighted by Crippen LogP contribution is -2.11. The lowest BCUT2D eigenvalue weighted by atomic mass is 10.1. The van der Waals surface area contributed by atoms with Gasteiger partial charge in [0.2, 0.25) is 0 Å². The van der Waals surface area contributed by atoms with Gasteiger partial charge in [0.1, 0.15) is 0 Å². The van der Waals surface area contributed by atoms with E-state index in [1.807, 2.05) is 0 Å². The van der Waals surface area contributed by atoms with Crippen LogP contribution in [-0.2, 0) is 14.6 Å². The Labute approximate surface area is 92.1 Å². The SMILES string of the molecule is CCCCCCCCCCC1(C=O)OO1. The van der Waals surface area contributed by atoms with Gasteiger partial charge in [0.25, 0.3) is 5.79 Å². The molecular weight excluding hydrogens is 192 g/mol. The molecule has 0 aromatic rings. The van der Waals surface area contributed by atoms with Gasteiger partial charge >= 0.3 is 0 Å². The van der Waals surface area contributed by atoms with Gasteiger partial charge in [0.05, 0.1) is 0 Å². The number of aldehydes is 1. The third-order valence-electron chi connectivity index (χ3n) is 2.86. The Morgan fingerprint density at radius 3 is 1.93 bits per heavy atom. The van der Waals surface area contributed by atoms with Crippen molar-refractivity contribution < 1.29 is 14.6 Å². The van der Waals surface area contributed by atoms with Crippen molar-refractivity contribution in [2.45, 2.75) is 70.5 Å². The summed E-state index contributed by atoms with van der Waals surface area (Å²) < 4.78 is 0. The fraction of sp³-hybridized carbons (Fsp3) is 0.917. The number of carbonyl (C=O) groups excluding carboxylic acids is 1. The molecule has 1 aliphatic rings. The molecule has 1 aliphatic heterocycles. The summed E-state index contributed by atoms with van der Waals surface area (Å²) in [5.41, 5.74) is 0. The summed E-state index contributed by atoms with van der Waals surface area (Å²) >= 11 is 0. The molecule has 0 bridgehead atoms. The van der Waals surface area contributed by atoms with E-state index in [9.17, 15) is 4.79 Å². The molecule has 0 unspecified atom stereocenters. The minimum absolute atomic E-state index is 0.714. The van der Waals surface area contributed by atoms with Crippen molar-refractivity contribution in [1.82, 2.24) is 0 Å². The molecular formula is C12H22O3. The maximum absolute atomic E-state index is 10.5. The molecule has 0 amide bonds. The van der Waals surface area contributed by atoms with E-state index in [-0.39, 0.29) is 0 Å². The largest absolute Gasteiger partial charge is 0.297 e. The molecule has 15 heavy (non-hydrogen) atoms. The van der Waals surface area contributed by atoms with E-state index in [1.165, 1.54) is 44.9 Å². The van der Waals surface area contributed by atoms with E-state index in [0.29, 0.717) is 6.42 Å². The number of unbranched alkanes of at least 4 members (excludes halogenated alkanes) is 7. The summed E-state index contributed by atoms with van der Waals surface area (Å²) in [6.07, 6.45) is 11.6. The lowest BCUT2D eigenvalue weighted by molar-refractivity contribution is -0.113. The molecule has 0 N–H and O–H groups in total. The number of hydrogen-bond acceptors (Lipinski definition) is 3. The van der Waals surface area contributed by atoms with Gasteiger partial charge in [-0.15, -0.1) is 0 Å². The highest BCUT2D eigenvalue weighted by Crippen LogP contribution is 2.32. The van der Waals surface area contributed by atoms with Gasteiger partial charge in [-0.05, 0) is 6.42 Å². The van der Waals surface area contributed by atoms with Crippen LogP contribution < -0.4 is 0 Å². The van der Waals surface area contributed by atoms with E-state index in [0.717, 1.165) is 12.7 Å². The minimum Gasteiger partial charge on any atom is -0.297 e. The van der Waals surface area contributed by atoms with Crippen molar-refractivity contribution in [3.63, 3.8) is 0 Å². The quantitative estimate of drug-likeness (QED) is 0.242. The second kappa shape index (κ2) is 6.96. The molecule has 1 heterocycles. The first-order valence-corrected chi connectivity index (χ1v) is 6.16. The van der Waals surface area contributed by atoms with Crippen LogP contribution in [0, 0.1) is 0 Å². The molecule has 3 heteroatoms. The third kappa shape index (κ3) is 5.28. The predicted octanol–water partition coefficient (Wildman–Crippen LogP) is 3.37. The fourth-order valence-electron chi connectivity index (χ4n) is 1.74. The second-order valence-corrected chi connectivity index (χ2v) is 4.32. The molecule has 0 aromatic carbocycles. The molecule has 0 radical (unpaired) electrons. The molecule has 0 spiro atoms. The molecule has 1 saturated heterocycles. The zero-order valence-electron chi connectivity index (χ0n) is 9.67. The van der Waals surface area contributed by atoms with E-state index < -0.39 is 5.79 Å². The maximum atomic E-state index is 10.5. The Hall–Kier alpha value is -0.410. The van der Waals surface area contributed by atoms with Gasteiger partial charge in [0.15, 0.2) is 6.29 Å². The highest BCUT2D eigenvalue weighted by atomic mass is 17.4. The van der Waals surface area contributed by atoms with Crippen LogP contribution in [0.1, 0.15) is 64.7 Å². The Kier molecular flexibility index (Phi) is 5.88. The average Bonchev–Trinajstić information content (AvgIpc) is 3.03. The van der Waals surface area contributed by atoms with E-state index in [2.05, 4.69) is 16.7 Å². The van der Waals surface area contributed by atoms with Crippen LogP contribution in [0.25, 0.3) is 0 Å². The third-order valence-corrected chi connectivity index (χ3v) is 2.86. The minimum atomic E-state index is -0.845. The molecule has 1 fully saturated rings. The van der Waals surface area contributed by atoms with Crippen LogP contribution in [0.5, 0.6) is 0 Å². The monoisotopic (exact) mass is 214 g/mol. The van der Waals surface area contributed by atoms with Gasteiger partial charge in [-0.1, -0.05) is 51.9 Å². The molecule has 0 aliphatic carbocycles. The normalized spacial score (nSPS) is 17.7. The topological polar surface area (TPSA) is 42.1 Å². The van der Waals surface area contributed by atoms with Crippen molar-refractivity contribution in [3.05, 3.63) is 0 Å². The highest BCUT2D eigenvalue weighted by Gasteiger charge is 2.48. The zero-order valence-corrected chi connectivity index (χ0v) is 9.67. The Morgan fingerprint density at radius 1 is 0.933 bits per heavy atom. The maximum Gasteiger partial charge on any atom is 0.288 e. The van der Waals surface area contributed by atoms with E-state index in [1.54, 1.807) is 0 Å². The summed E-state index contributed by atoms with van der Waals surface area (Å²) in [6.45, 7) is 2.23. The lowest BCUT2D eigenvalue weighted by Gasteiger charge is -2.01. The fourth-order valence-corrected chi connectivity index (χ4v) is 1.74. The summed E-state index contributed by atoms with van der Waals surface area (Å²) in [5, 5.41) is 0. The average molecular weight is 214 g/mol. The van der Waals surface area contributed by atoms with E-state index in [4.69, 9.17) is 0 Å². The van der Waals surface area contributed by atoms with Crippen LogP contribution in [0.2, 0.25) is 0 Å². The first-order chi connectivity index (χ1) is 7.33. The first kappa shape index (κ1) is 12.7. The van der Waals surface area contributed by atoms with Crippen molar-refractivity contribution in [2.75, 3.05) is 0 Å². The van der Waals surface area contributed by atoms with Gasteiger partial charge in [-0.2, -0.15) is 9.78 Å². The van der Waals surface area contributed by atoms with Crippen LogP contribution >= 0.6 is 0 Å². The standard InChI is InChI=1S/C12H22O3/c1-2-3-4-5-6-7-8-9-10-12(11-13)14-15-12/h11H,2-10H2,1H3.